The smallest absolute Gasteiger partial charge is 0.262 e. The molecule has 1 atom stereocenters. The van der Waals surface area contributed by atoms with Gasteiger partial charge in [0.2, 0.25) is 0 Å². The summed E-state index contributed by atoms with van der Waals surface area (Å²) in [5, 5.41) is 0. The van der Waals surface area contributed by atoms with Crippen molar-refractivity contribution in [3.8, 4) is 11.3 Å². The molecule has 2 aliphatic heterocycles. The van der Waals surface area contributed by atoms with Crippen molar-refractivity contribution in [2.75, 3.05) is 33.4 Å². The van der Waals surface area contributed by atoms with Gasteiger partial charge in [-0.25, -0.2) is 8.78 Å². The number of carbonyl (C=O) groups is 1. The second-order valence-electron chi connectivity index (χ2n) is 8.16. The summed E-state index contributed by atoms with van der Waals surface area (Å²) in [7, 11) is 3.49. The minimum atomic E-state index is -2.69. The van der Waals surface area contributed by atoms with Gasteiger partial charge in [0.15, 0.2) is 0 Å². The van der Waals surface area contributed by atoms with Crippen molar-refractivity contribution >= 4 is 5.91 Å². The molecule has 29 heavy (non-hydrogen) atoms. The van der Waals surface area contributed by atoms with Gasteiger partial charge in [0.25, 0.3) is 11.8 Å². The first-order chi connectivity index (χ1) is 13.8. The molecular weight excluding hydrogens is 376 g/mol. The van der Waals surface area contributed by atoms with Crippen molar-refractivity contribution < 1.29 is 18.3 Å². The van der Waals surface area contributed by atoms with E-state index in [0.717, 1.165) is 17.0 Å². The number of alkyl halides is 2. The van der Waals surface area contributed by atoms with Crippen LogP contribution in [0.2, 0.25) is 0 Å². The maximum Gasteiger partial charge on any atom is 0.262 e. The van der Waals surface area contributed by atoms with E-state index >= 15 is 0 Å². The molecule has 0 spiro atoms. The van der Waals surface area contributed by atoms with Crippen LogP contribution in [-0.4, -0.2) is 71.6 Å². The number of rotatable bonds is 5. The highest BCUT2D eigenvalue weighted by molar-refractivity contribution is 5.97. The minimum absolute atomic E-state index is 0.0363. The number of ether oxygens (including phenoxy) is 1. The molecule has 1 amide bonds. The van der Waals surface area contributed by atoms with Crippen LogP contribution in [0.1, 0.15) is 22.5 Å². The Morgan fingerprint density at radius 2 is 1.93 bits per heavy atom. The predicted molar refractivity (Wildman–Crippen MR) is 107 cm³/mol. The lowest BCUT2D eigenvalue weighted by Crippen LogP contribution is -2.62. The van der Waals surface area contributed by atoms with Gasteiger partial charge in [0.05, 0.1) is 18.7 Å². The molecule has 5 nitrogen and oxygen atoms in total. The van der Waals surface area contributed by atoms with Crippen LogP contribution in [0.3, 0.4) is 0 Å². The van der Waals surface area contributed by atoms with Crippen LogP contribution in [0.4, 0.5) is 8.78 Å². The average Bonchev–Trinajstić information content (AvgIpc) is 3.11. The Bertz CT molecular complexity index is 891. The number of amides is 1. The number of halogens is 2. The maximum atomic E-state index is 13.9. The van der Waals surface area contributed by atoms with E-state index in [1.807, 2.05) is 59.8 Å². The lowest BCUT2D eigenvalue weighted by Gasteiger charge is -2.45. The van der Waals surface area contributed by atoms with Crippen LogP contribution in [0, 0.1) is 6.92 Å². The van der Waals surface area contributed by atoms with Crippen LogP contribution in [0.15, 0.2) is 36.4 Å². The van der Waals surface area contributed by atoms with E-state index in [1.54, 1.807) is 4.90 Å². The molecule has 0 radical (unpaired) electrons. The van der Waals surface area contributed by atoms with E-state index in [-0.39, 0.29) is 37.6 Å². The molecule has 3 heterocycles. The topological polar surface area (TPSA) is 37.7 Å². The highest BCUT2D eigenvalue weighted by Crippen LogP contribution is 2.36. The molecule has 0 unspecified atom stereocenters. The van der Waals surface area contributed by atoms with E-state index in [4.69, 9.17) is 4.74 Å². The molecule has 0 bridgehead atoms. The Hall–Kier alpha value is -2.25. The van der Waals surface area contributed by atoms with Crippen molar-refractivity contribution in [2.24, 2.45) is 7.05 Å². The van der Waals surface area contributed by atoms with Crippen molar-refractivity contribution in [3.05, 3.63) is 47.7 Å². The van der Waals surface area contributed by atoms with Crippen LogP contribution < -0.4 is 0 Å². The first-order valence-corrected chi connectivity index (χ1v) is 9.94. The molecule has 1 aromatic carbocycles. The fourth-order valence-electron chi connectivity index (χ4n) is 4.50. The highest BCUT2D eigenvalue weighted by Gasteiger charge is 2.50. The molecule has 2 aliphatic rings. The number of methoxy groups -OCH3 is 1. The van der Waals surface area contributed by atoms with Gasteiger partial charge < -0.3 is 14.2 Å². The van der Waals surface area contributed by atoms with Crippen molar-refractivity contribution in [1.82, 2.24) is 14.4 Å². The first-order valence-electron chi connectivity index (χ1n) is 9.94. The molecule has 1 aromatic heterocycles. The zero-order valence-corrected chi connectivity index (χ0v) is 17.1. The Kier molecular flexibility index (Phi) is 5.21. The molecule has 2 fully saturated rings. The van der Waals surface area contributed by atoms with Gasteiger partial charge in [-0.1, -0.05) is 30.3 Å². The largest absolute Gasteiger partial charge is 0.383 e. The molecule has 0 aliphatic carbocycles. The second kappa shape index (κ2) is 7.54. The van der Waals surface area contributed by atoms with Crippen LogP contribution in [-0.2, 0) is 11.8 Å². The fraction of sp³-hybridized carbons (Fsp3) is 0.500. The normalized spacial score (nSPS) is 22.1. The van der Waals surface area contributed by atoms with Gasteiger partial charge in [-0.3, -0.25) is 9.69 Å². The summed E-state index contributed by atoms with van der Waals surface area (Å²) in [4.78, 5) is 16.6. The molecular formula is C22H27F2N3O2. The molecule has 2 aromatic rings. The van der Waals surface area contributed by atoms with Crippen molar-refractivity contribution in [2.45, 2.75) is 31.4 Å². The van der Waals surface area contributed by atoms with Crippen LogP contribution in [0.25, 0.3) is 11.3 Å². The number of aromatic nitrogens is 1. The Balaban J connectivity index is 1.46. The number of nitrogens with zero attached hydrogens (tertiary/aromatic N) is 3. The highest BCUT2D eigenvalue weighted by atomic mass is 19.3. The van der Waals surface area contributed by atoms with Gasteiger partial charge in [-0.05, 0) is 18.6 Å². The van der Waals surface area contributed by atoms with Gasteiger partial charge >= 0.3 is 0 Å². The Morgan fingerprint density at radius 1 is 1.24 bits per heavy atom. The quantitative estimate of drug-likeness (QED) is 0.770. The van der Waals surface area contributed by atoms with Gasteiger partial charge in [-0.2, -0.15) is 0 Å². The van der Waals surface area contributed by atoms with Crippen LogP contribution >= 0.6 is 0 Å². The molecule has 0 N–H and O–H groups in total. The zero-order chi connectivity index (χ0) is 20.8. The summed E-state index contributed by atoms with van der Waals surface area (Å²) in [6, 6.07) is 11.6. The van der Waals surface area contributed by atoms with Gasteiger partial charge in [0, 0.05) is 57.1 Å². The van der Waals surface area contributed by atoms with Crippen LogP contribution in [0.5, 0.6) is 0 Å². The third-order valence-electron chi connectivity index (χ3n) is 6.23. The summed E-state index contributed by atoms with van der Waals surface area (Å²) in [6.45, 7) is 2.93. The summed E-state index contributed by atoms with van der Waals surface area (Å²) in [5.74, 6) is -2.72. The fourth-order valence-corrected chi connectivity index (χ4v) is 4.50. The number of carbonyl (C=O) groups excluding carboxylic acids is 1. The number of likely N-dealkylation sites (tertiary alicyclic amines) is 2. The Labute approximate surface area is 169 Å². The lowest BCUT2D eigenvalue weighted by atomic mass is 10.0. The summed E-state index contributed by atoms with van der Waals surface area (Å²) in [6.07, 6.45) is -0.177. The van der Waals surface area contributed by atoms with E-state index in [1.165, 1.54) is 7.11 Å². The van der Waals surface area contributed by atoms with Crippen molar-refractivity contribution in [3.63, 3.8) is 0 Å². The zero-order valence-electron chi connectivity index (χ0n) is 17.1. The summed E-state index contributed by atoms with van der Waals surface area (Å²) < 4.78 is 34.9. The third kappa shape index (κ3) is 3.69. The average molecular weight is 403 g/mol. The third-order valence-corrected chi connectivity index (χ3v) is 6.23. The molecule has 7 heteroatoms. The predicted octanol–water partition coefficient (Wildman–Crippen LogP) is 3.18. The number of hydrogen-bond acceptors (Lipinski definition) is 3. The number of hydrogen-bond donors (Lipinski definition) is 0. The minimum Gasteiger partial charge on any atom is -0.383 e. The Morgan fingerprint density at radius 3 is 2.59 bits per heavy atom. The van der Waals surface area contributed by atoms with E-state index in [9.17, 15) is 13.6 Å². The molecule has 4 rings (SSSR count). The molecule has 0 saturated carbocycles. The lowest BCUT2D eigenvalue weighted by molar-refractivity contribution is -0.0136. The SMILES string of the molecule is COC[C@@H]1CC(F)(F)CN1C1CN(C(=O)c2cc(-c3ccccc3)n(C)c2C)C1. The van der Waals surface area contributed by atoms with E-state index < -0.39 is 5.92 Å². The first kappa shape index (κ1) is 20.0. The van der Waals surface area contributed by atoms with E-state index in [2.05, 4.69) is 0 Å². The molecule has 2 saturated heterocycles. The van der Waals surface area contributed by atoms with Gasteiger partial charge in [-0.15, -0.1) is 0 Å². The summed E-state index contributed by atoms with van der Waals surface area (Å²) in [5.41, 5.74) is 3.62. The van der Waals surface area contributed by atoms with E-state index in [0.29, 0.717) is 18.7 Å². The standard InChI is InChI=1S/C22H27F2N3O2/c1-15-19(9-20(25(15)2)16-7-5-4-6-8-16)21(28)26-11-18(12-26)27-14-22(23,24)10-17(27)13-29-3/h4-9,17-18H,10-14H2,1-3H3/t17-/m0/s1. The summed E-state index contributed by atoms with van der Waals surface area (Å²) >= 11 is 0. The monoisotopic (exact) mass is 403 g/mol. The number of benzene rings is 1. The van der Waals surface area contributed by atoms with Gasteiger partial charge in [0.1, 0.15) is 0 Å². The second-order valence-corrected chi connectivity index (χ2v) is 8.16. The van der Waals surface area contributed by atoms with Crippen molar-refractivity contribution in [1.29, 1.82) is 0 Å². The maximum absolute atomic E-state index is 13.9. The molecule has 156 valence electrons.